The maximum absolute atomic E-state index is 12.7. The number of nitrogens with one attached hydrogen (secondary N) is 1. The summed E-state index contributed by atoms with van der Waals surface area (Å²) in [6, 6.07) is 14.6. The van der Waals surface area contributed by atoms with E-state index >= 15 is 0 Å². The van der Waals surface area contributed by atoms with Crippen molar-refractivity contribution >= 4 is 37.5 Å². The molecule has 1 saturated heterocycles. The molecule has 162 valence electrons. The summed E-state index contributed by atoms with van der Waals surface area (Å²) in [6.07, 6.45) is 1.12. The van der Waals surface area contributed by atoms with Gasteiger partial charge in [0.15, 0.2) is 0 Å². The average molecular weight is 495 g/mol. The van der Waals surface area contributed by atoms with Crippen LogP contribution in [0.5, 0.6) is 5.75 Å². The average Bonchev–Trinajstić information content (AvgIpc) is 2.69. The molecule has 0 aliphatic carbocycles. The largest absolute Gasteiger partial charge is 0.491 e. The van der Waals surface area contributed by atoms with Gasteiger partial charge in [0, 0.05) is 29.2 Å². The van der Waals surface area contributed by atoms with E-state index in [1.807, 2.05) is 56.3 Å². The molecule has 0 bridgehead atoms. The van der Waals surface area contributed by atoms with E-state index < -0.39 is 10.0 Å². The molecule has 0 aromatic heterocycles. The van der Waals surface area contributed by atoms with Crippen molar-refractivity contribution in [2.45, 2.75) is 38.5 Å². The number of carbonyl (C=O) groups excluding carboxylic acids is 1. The topological polar surface area (TPSA) is 75.7 Å². The van der Waals surface area contributed by atoms with Gasteiger partial charge in [0.25, 0.3) is 0 Å². The molecule has 0 unspecified atom stereocenters. The van der Waals surface area contributed by atoms with E-state index in [9.17, 15) is 13.2 Å². The van der Waals surface area contributed by atoms with E-state index in [1.165, 1.54) is 4.31 Å². The molecule has 0 spiro atoms. The lowest BCUT2D eigenvalue weighted by atomic mass is 9.97. The lowest BCUT2D eigenvalue weighted by Gasteiger charge is -2.30. The first-order valence-electron chi connectivity index (χ1n) is 10.0. The molecular weight excluding hydrogens is 468 g/mol. The summed E-state index contributed by atoms with van der Waals surface area (Å²) >= 11 is 3.37. The fourth-order valence-corrected chi connectivity index (χ4v) is 5.46. The van der Waals surface area contributed by atoms with Gasteiger partial charge >= 0.3 is 0 Å². The van der Waals surface area contributed by atoms with Crippen molar-refractivity contribution in [3.63, 3.8) is 0 Å². The van der Waals surface area contributed by atoms with Crippen LogP contribution in [0.3, 0.4) is 0 Å². The third kappa shape index (κ3) is 6.30. The van der Waals surface area contributed by atoms with E-state index in [4.69, 9.17) is 4.74 Å². The van der Waals surface area contributed by atoms with Gasteiger partial charge in [-0.25, -0.2) is 12.7 Å². The van der Waals surface area contributed by atoms with E-state index in [0.29, 0.717) is 31.6 Å². The molecule has 1 N–H and O–H groups in total. The summed E-state index contributed by atoms with van der Waals surface area (Å²) in [4.78, 5) is 12.6. The number of sulfonamides is 1. The van der Waals surface area contributed by atoms with Gasteiger partial charge in [-0.3, -0.25) is 4.79 Å². The van der Waals surface area contributed by atoms with Crippen molar-refractivity contribution in [1.29, 1.82) is 0 Å². The number of hydrogen-bond donors (Lipinski definition) is 1. The number of anilines is 1. The lowest BCUT2D eigenvalue weighted by molar-refractivity contribution is -0.120. The first-order valence-corrected chi connectivity index (χ1v) is 12.4. The van der Waals surface area contributed by atoms with Gasteiger partial charge in [-0.2, -0.15) is 0 Å². The Hall–Kier alpha value is -1.90. The second-order valence-electron chi connectivity index (χ2n) is 7.74. The zero-order valence-electron chi connectivity index (χ0n) is 17.2. The van der Waals surface area contributed by atoms with Crippen LogP contribution in [-0.2, 0) is 20.6 Å². The lowest BCUT2D eigenvalue weighted by Crippen LogP contribution is -2.41. The Balaban J connectivity index is 1.52. The quantitative estimate of drug-likeness (QED) is 0.617. The van der Waals surface area contributed by atoms with Crippen LogP contribution in [0.1, 0.15) is 32.3 Å². The highest BCUT2D eigenvalue weighted by atomic mass is 79.9. The number of nitrogens with zero attached hydrogens (tertiary/aromatic N) is 1. The van der Waals surface area contributed by atoms with Gasteiger partial charge in [-0.15, -0.1) is 0 Å². The van der Waals surface area contributed by atoms with Gasteiger partial charge in [0.1, 0.15) is 5.75 Å². The molecule has 1 fully saturated rings. The minimum Gasteiger partial charge on any atom is -0.491 e. The van der Waals surface area contributed by atoms with Crippen LogP contribution in [0.25, 0.3) is 0 Å². The molecule has 2 aromatic rings. The summed E-state index contributed by atoms with van der Waals surface area (Å²) < 4.78 is 33.4. The van der Waals surface area contributed by atoms with Crippen molar-refractivity contribution in [1.82, 2.24) is 4.31 Å². The van der Waals surface area contributed by atoms with E-state index in [-0.39, 0.29) is 23.7 Å². The summed E-state index contributed by atoms with van der Waals surface area (Å²) in [5, 5.41) is 2.92. The molecule has 0 radical (unpaired) electrons. The third-order valence-corrected chi connectivity index (χ3v) is 7.29. The predicted octanol–water partition coefficient (Wildman–Crippen LogP) is 4.42. The van der Waals surface area contributed by atoms with E-state index in [1.54, 1.807) is 6.07 Å². The fraction of sp³-hybridized carbons (Fsp3) is 0.409. The van der Waals surface area contributed by atoms with E-state index in [2.05, 4.69) is 21.2 Å². The van der Waals surface area contributed by atoms with Crippen molar-refractivity contribution in [2.24, 2.45) is 5.92 Å². The van der Waals surface area contributed by atoms with Crippen LogP contribution in [0.4, 0.5) is 5.69 Å². The highest BCUT2D eigenvalue weighted by Crippen LogP contribution is 2.24. The first-order chi connectivity index (χ1) is 14.2. The Morgan fingerprint density at radius 3 is 2.43 bits per heavy atom. The monoisotopic (exact) mass is 494 g/mol. The normalized spacial score (nSPS) is 15.9. The molecule has 8 heteroatoms. The van der Waals surface area contributed by atoms with Crippen LogP contribution in [0, 0.1) is 5.92 Å². The van der Waals surface area contributed by atoms with Crippen LogP contribution >= 0.6 is 15.9 Å². The van der Waals surface area contributed by atoms with Crippen molar-refractivity contribution in [3.8, 4) is 5.75 Å². The smallest absolute Gasteiger partial charge is 0.227 e. The maximum atomic E-state index is 12.7. The predicted molar refractivity (Wildman–Crippen MR) is 122 cm³/mol. The molecule has 1 heterocycles. The van der Waals surface area contributed by atoms with Crippen LogP contribution in [0.15, 0.2) is 53.0 Å². The number of carbonyl (C=O) groups is 1. The molecule has 3 rings (SSSR count). The highest BCUT2D eigenvalue weighted by molar-refractivity contribution is 9.10. The number of halogens is 1. The van der Waals surface area contributed by atoms with Crippen molar-refractivity contribution in [2.75, 3.05) is 18.4 Å². The summed E-state index contributed by atoms with van der Waals surface area (Å²) in [5.41, 5.74) is 1.45. The summed E-state index contributed by atoms with van der Waals surface area (Å²) in [5.74, 6) is 0.450. The molecule has 1 aliphatic rings. The Kier molecular flexibility index (Phi) is 7.55. The standard InChI is InChI=1S/C22H27BrN2O4S/c1-16(2)29-21-8-6-20(7-9-21)24-22(26)18-10-12-25(13-11-18)30(27,28)15-17-4-3-5-19(23)14-17/h3-9,14,16,18H,10-13,15H2,1-2H3,(H,24,26). The summed E-state index contributed by atoms with van der Waals surface area (Å²) in [7, 11) is -3.41. The SMILES string of the molecule is CC(C)Oc1ccc(NC(=O)C2CCN(S(=O)(=O)Cc3cccc(Br)c3)CC2)cc1. The fourth-order valence-electron chi connectivity index (χ4n) is 3.46. The highest BCUT2D eigenvalue weighted by Gasteiger charge is 2.31. The van der Waals surface area contributed by atoms with E-state index in [0.717, 1.165) is 15.8 Å². The van der Waals surface area contributed by atoms with Gasteiger partial charge in [-0.1, -0.05) is 28.1 Å². The number of rotatable bonds is 7. The molecule has 6 nitrogen and oxygen atoms in total. The Morgan fingerprint density at radius 2 is 1.83 bits per heavy atom. The van der Waals surface area contributed by atoms with Crippen molar-refractivity contribution < 1.29 is 17.9 Å². The number of hydrogen-bond acceptors (Lipinski definition) is 4. The molecule has 2 aromatic carbocycles. The summed E-state index contributed by atoms with van der Waals surface area (Å²) in [6.45, 7) is 4.63. The molecule has 1 aliphatic heterocycles. The molecule has 0 atom stereocenters. The van der Waals surface area contributed by atoms with Gasteiger partial charge in [-0.05, 0) is 68.7 Å². The molecule has 0 saturated carbocycles. The number of piperidine rings is 1. The van der Waals surface area contributed by atoms with Crippen LogP contribution < -0.4 is 10.1 Å². The number of amides is 1. The Bertz CT molecular complexity index is 969. The Morgan fingerprint density at radius 1 is 1.17 bits per heavy atom. The van der Waals surface area contributed by atoms with Gasteiger partial charge < -0.3 is 10.1 Å². The molecule has 1 amide bonds. The van der Waals surface area contributed by atoms with Crippen LogP contribution in [0.2, 0.25) is 0 Å². The number of ether oxygens (including phenoxy) is 1. The molecular formula is C22H27BrN2O4S. The second kappa shape index (κ2) is 9.94. The first kappa shape index (κ1) is 22.8. The molecule has 30 heavy (non-hydrogen) atoms. The van der Waals surface area contributed by atoms with Gasteiger partial charge in [0.2, 0.25) is 15.9 Å². The van der Waals surface area contributed by atoms with Crippen LogP contribution in [-0.4, -0.2) is 37.8 Å². The number of benzene rings is 2. The third-order valence-electron chi connectivity index (χ3n) is 4.95. The zero-order chi connectivity index (χ0) is 21.7. The Labute approximate surface area is 186 Å². The maximum Gasteiger partial charge on any atom is 0.227 e. The van der Waals surface area contributed by atoms with Crippen molar-refractivity contribution in [3.05, 3.63) is 58.6 Å². The second-order valence-corrected chi connectivity index (χ2v) is 10.6. The minimum absolute atomic E-state index is 0.0336. The minimum atomic E-state index is -3.41. The zero-order valence-corrected chi connectivity index (χ0v) is 19.6. The van der Waals surface area contributed by atoms with Gasteiger partial charge in [0.05, 0.1) is 11.9 Å².